The van der Waals surface area contributed by atoms with Gasteiger partial charge in [-0.05, 0) is 18.6 Å². The molecule has 0 aliphatic rings. The van der Waals surface area contributed by atoms with Crippen LogP contribution in [-0.2, 0) is 4.79 Å². The van der Waals surface area contributed by atoms with E-state index in [1.54, 1.807) is 6.07 Å². The van der Waals surface area contributed by atoms with E-state index in [2.05, 4.69) is 15.6 Å². The van der Waals surface area contributed by atoms with Crippen molar-refractivity contribution in [3.8, 4) is 0 Å². The Morgan fingerprint density at radius 2 is 2.17 bits per heavy atom. The minimum absolute atomic E-state index is 0.0168. The van der Waals surface area contributed by atoms with E-state index in [-0.39, 0.29) is 11.6 Å². The summed E-state index contributed by atoms with van der Waals surface area (Å²) >= 11 is 0. The first-order valence-corrected chi connectivity index (χ1v) is 5.83. The molecule has 0 aliphatic carbocycles. The number of carbonyl (C=O) groups excluding carboxylic acids is 1. The van der Waals surface area contributed by atoms with Gasteiger partial charge in [-0.15, -0.1) is 0 Å². The van der Waals surface area contributed by atoms with Crippen LogP contribution in [-0.4, -0.2) is 35.1 Å². The summed E-state index contributed by atoms with van der Waals surface area (Å²) in [6.45, 7) is 3.12. The van der Waals surface area contributed by atoms with E-state index in [0.717, 1.165) is 6.42 Å². The van der Waals surface area contributed by atoms with Gasteiger partial charge in [0.15, 0.2) is 0 Å². The fraction of sp³-hybridized carbons (Fsp3) is 0.417. The van der Waals surface area contributed by atoms with Gasteiger partial charge in [0.2, 0.25) is 5.91 Å². The highest BCUT2D eigenvalue weighted by molar-refractivity contribution is 5.86. The van der Waals surface area contributed by atoms with Gasteiger partial charge in [0.05, 0.1) is 0 Å². The molecule has 6 nitrogen and oxygen atoms in total. The number of anilines is 1. The molecule has 0 atom stereocenters. The third-order valence-electron chi connectivity index (χ3n) is 2.23. The smallest absolute Gasteiger partial charge is 0.354 e. The van der Waals surface area contributed by atoms with Gasteiger partial charge in [0, 0.05) is 31.4 Å². The summed E-state index contributed by atoms with van der Waals surface area (Å²) in [4.78, 5) is 25.7. The van der Waals surface area contributed by atoms with Crippen LogP contribution in [0.2, 0.25) is 0 Å². The van der Waals surface area contributed by atoms with Gasteiger partial charge in [-0.3, -0.25) is 4.79 Å². The van der Waals surface area contributed by atoms with Crippen LogP contribution in [0, 0.1) is 0 Å². The van der Waals surface area contributed by atoms with Crippen LogP contribution >= 0.6 is 0 Å². The zero-order chi connectivity index (χ0) is 13.4. The Morgan fingerprint density at radius 1 is 1.39 bits per heavy atom. The molecule has 0 saturated heterocycles. The number of pyridine rings is 1. The van der Waals surface area contributed by atoms with Gasteiger partial charge in [0.25, 0.3) is 0 Å². The summed E-state index contributed by atoms with van der Waals surface area (Å²) in [6.07, 6.45) is 2.68. The van der Waals surface area contributed by atoms with Crippen LogP contribution in [0.4, 0.5) is 5.69 Å². The van der Waals surface area contributed by atoms with E-state index in [1.807, 2.05) is 6.92 Å². The fourth-order valence-corrected chi connectivity index (χ4v) is 1.33. The van der Waals surface area contributed by atoms with E-state index in [9.17, 15) is 9.59 Å². The molecule has 0 bridgehead atoms. The Bertz CT molecular complexity index is 421. The number of nitrogens with one attached hydrogen (secondary N) is 2. The van der Waals surface area contributed by atoms with Crippen molar-refractivity contribution in [3.63, 3.8) is 0 Å². The molecular weight excluding hydrogens is 234 g/mol. The predicted molar refractivity (Wildman–Crippen MR) is 67.6 cm³/mol. The molecule has 1 rings (SSSR count). The lowest BCUT2D eigenvalue weighted by Crippen LogP contribution is -2.25. The van der Waals surface area contributed by atoms with E-state index >= 15 is 0 Å². The first kappa shape index (κ1) is 14.0. The molecule has 6 heteroatoms. The predicted octanol–water partition coefficient (Wildman–Crippen LogP) is 1.11. The van der Waals surface area contributed by atoms with Crippen molar-refractivity contribution in [1.29, 1.82) is 0 Å². The highest BCUT2D eigenvalue weighted by Gasteiger charge is 2.05. The molecule has 98 valence electrons. The van der Waals surface area contributed by atoms with Gasteiger partial charge in [-0.1, -0.05) is 6.92 Å². The Morgan fingerprint density at radius 3 is 2.83 bits per heavy atom. The minimum atomic E-state index is -1.07. The Kier molecular flexibility index (Phi) is 5.63. The molecule has 0 unspecified atom stereocenters. The molecule has 0 spiro atoms. The molecule has 1 amide bonds. The SMILES string of the molecule is CCCNC(=O)CCNc1ccnc(C(=O)O)c1. The summed E-state index contributed by atoms with van der Waals surface area (Å²) in [6, 6.07) is 3.10. The highest BCUT2D eigenvalue weighted by atomic mass is 16.4. The monoisotopic (exact) mass is 251 g/mol. The number of carboxylic acids is 1. The minimum Gasteiger partial charge on any atom is -0.477 e. The number of hydrogen-bond acceptors (Lipinski definition) is 4. The van der Waals surface area contributed by atoms with Gasteiger partial charge in [-0.2, -0.15) is 0 Å². The first-order chi connectivity index (χ1) is 8.63. The second-order valence-corrected chi connectivity index (χ2v) is 3.76. The number of aromatic nitrogens is 1. The summed E-state index contributed by atoms with van der Waals surface area (Å²) in [5.41, 5.74) is 0.626. The average molecular weight is 251 g/mol. The van der Waals surface area contributed by atoms with Gasteiger partial charge >= 0.3 is 5.97 Å². The van der Waals surface area contributed by atoms with Gasteiger partial charge in [0.1, 0.15) is 5.69 Å². The molecule has 0 radical (unpaired) electrons. The lowest BCUT2D eigenvalue weighted by Gasteiger charge is -2.07. The number of aromatic carboxylic acids is 1. The standard InChI is InChI=1S/C12H17N3O3/c1-2-5-15-11(16)4-7-13-9-3-6-14-10(8-9)12(17)18/h3,6,8H,2,4-5,7H2,1H3,(H,13,14)(H,15,16)(H,17,18). The van der Waals surface area contributed by atoms with E-state index in [4.69, 9.17) is 5.11 Å². The molecule has 3 N–H and O–H groups in total. The third-order valence-corrected chi connectivity index (χ3v) is 2.23. The van der Waals surface area contributed by atoms with Crippen LogP contribution in [0.5, 0.6) is 0 Å². The zero-order valence-electron chi connectivity index (χ0n) is 10.3. The molecule has 0 aromatic carbocycles. The maximum atomic E-state index is 11.3. The fourth-order valence-electron chi connectivity index (χ4n) is 1.33. The molecule has 18 heavy (non-hydrogen) atoms. The Labute approximate surface area is 105 Å². The summed E-state index contributed by atoms with van der Waals surface area (Å²) in [5, 5.41) is 14.5. The van der Waals surface area contributed by atoms with Crippen LogP contribution < -0.4 is 10.6 Å². The molecular formula is C12H17N3O3. The van der Waals surface area contributed by atoms with Crippen molar-refractivity contribution in [2.75, 3.05) is 18.4 Å². The second kappa shape index (κ2) is 7.26. The van der Waals surface area contributed by atoms with Crippen molar-refractivity contribution < 1.29 is 14.7 Å². The molecule has 1 aromatic rings. The van der Waals surface area contributed by atoms with Crippen molar-refractivity contribution in [2.45, 2.75) is 19.8 Å². The van der Waals surface area contributed by atoms with Crippen molar-refractivity contribution in [1.82, 2.24) is 10.3 Å². The van der Waals surface area contributed by atoms with Crippen LogP contribution in [0.1, 0.15) is 30.3 Å². The van der Waals surface area contributed by atoms with Gasteiger partial charge < -0.3 is 15.7 Å². The number of carbonyl (C=O) groups is 2. The summed E-state index contributed by atoms with van der Waals surface area (Å²) < 4.78 is 0. The maximum absolute atomic E-state index is 11.3. The number of carboxylic acid groups (broad SMARTS) is 1. The molecule has 0 aliphatic heterocycles. The van der Waals surface area contributed by atoms with Crippen molar-refractivity contribution >= 4 is 17.6 Å². The van der Waals surface area contributed by atoms with Crippen LogP contribution in [0.25, 0.3) is 0 Å². The van der Waals surface area contributed by atoms with Crippen LogP contribution in [0.15, 0.2) is 18.3 Å². The molecule has 1 aromatic heterocycles. The molecule has 1 heterocycles. The lowest BCUT2D eigenvalue weighted by molar-refractivity contribution is -0.120. The maximum Gasteiger partial charge on any atom is 0.354 e. The number of amides is 1. The Balaban J connectivity index is 2.37. The number of hydrogen-bond donors (Lipinski definition) is 3. The topological polar surface area (TPSA) is 91.3 Å². The van der Waals surface area contributed by atoms with Crippen molar-refractivity contribution in [2.24, 2.45) is 0 Å². The average Bonchev–Trinajstić information content (AvgIpc) is 2.36. The van der Waals surface area contributed by atoms with Crippen molar-refractivity contribution in [3.05, 3.63) is 24.0 Å². The number of nitrogens with zero attached hydrogens (tertiary/aromatic N) is 1. The lowest BCUT2D eigenvalue weighted by atomic mass is 10.3. The van der Waals surface area contributed by atoms with E-state index in [0.29, 0.717) is 25.2 Å². The molecule has 0 fully saturated rings. The zero-order valence-corrected chi connectivity index (χ0v) is 10.3. The van der Waals surface area contributed by atoms with Gasteiger partial charge in [-0.25, -0.2) is 9.78 Å². The largest absolute Gasteiger partial charge is 0.477 e. The van der Waals surface area contributed by atoms with Crippen LogP contribution in [0.3, 0.4) is 0 Å². The third kappa shape index (κ3) is 4.82. The number of rotatable bonds is 7. The quantitative estimate of drug-likeness (QED) is 0.675. The van der Waals surface area contributed by atoms with E-state index in [1.165, 1.54) is 12.3 Å². The molecule has 0 saturated carbocycles. The second-order valence-electron chi connectivity index (χ2n) is 3.76. The normalized spacial score (nSPS) is 9.83. The summed E-state index contributed by atoms with van der Waals surface area (Å²) in [7, 11) is 0. The summed E-state index contributed by atoms with van der Waals surface area (Å²) in [5.74, 6) is -1.09. The van der Waals surface area contributed by atoms with E-state index < -0.39 is 5.97 Å². The first-order valence-electron chi connectivity index (χ1n) is 5.83. The highest BCUT2D eigenvalue weighted by Crippen LogP contribution is 2.07. The Hall–Kier alpha value is -2.11.